The highest BCUT2D eigenvalue weighted by Crippen LogP contribution is 2.21. The number of nitrogens with zero attached hydrogens (tertiary/aromatic N) is 2. The summed E-state index contributed by atoms with van der Waals surface area (Å²) >= 11 is 0. The lowest BCUT2D eigenvalue weighted by molar-refractivity contribution is 0.153. The predicted octanol–water partition coefficient (Wildman–Crippen LogP) is 0.779. The Balaban J connectivity index is 1.99. The molecule has 1 aromatic heterocycles. The van der Waals surface area contributed by atoms with Crippen molar-refractivity contribution >= 4 is 5.82 Å². The Hall–Kier alpha value is -1.17. The predicted molar refractivity (Wildman–Crippen MR) is 75.3 cm³/mol. The Morgan fingerprint density at radius 3 is 3.26 bits per heavy atom. The van der Waals surface area contributed by atoms with Gasteiger partial charge in [-0.2, -0.15) is 0 Å². The van der Waals surface area contributed by atoms with Crippen molar-refractivity contribution in [2.24, 2.45) is 0 Å². The summed E-state index contributed by atoms with van der Waals surface area (Å²) in [5.74, 6) is 0.992. The molecule has 0 aliphatic carbocycles. The number of aliphatic hydroxyl groups excluding tert-OH is 1. The van der Waals surface area contributed by atoms with Gasteiger partial charge in [0.05, 0.1) is 12.7 Å². The number of anilines is 1. The molecule has 1 aromatic rings. The fourth-order valence-corrected chi connectivity index (χ4v) is 2.40. The molecule has 19 heavy (non-hydrogen) atoms. The van der Waals surface area contributed by atoms with Crippen LogP contribution in [-0.2, 0) is 11.3 Å². The van der Waals surface area contributed by atoms with E-state index >= 15 is 0 Å². The third kappa shape index (κ3) is 4.16. The van der Waals surface area contributed by atoms with Crippen LogP contribution in [0.15, 0.2) is 18.3 Å². The molecular weight excluding hydrogens is 242 g/mol. The smallest absolute Gasteiger partial charge is 0.133 e. The summed E-state index contributed by atoms with van der Waals surface area (Å²) in [6, 6.07) is 4.04. The lowest BCUT2D eigenvalue weighted by Gasteiger charge is -2.32. The third-order valence-electron chi connectivity index (χ3n) is 3.36. The van der Waals surface area contributed by atoms with E-state index in [2.05, 4.69) is 21.3 Å². The average Bonchev–Trinajstić information content (AvgIpc) is 2.44. The first kappa shape index (κ1) is 14.2. The van der Waals surface area contributed by atoms with Gasteiger partial charge in [-0.3, -0.25) is 0 Å². The molecule has 0 radical (unpaired) electrons. The van der Waals surface area contributed by atoms with Crippen molar-refractivity contribution in [1.82, 2.24) is 10.3 Å². The van der Waals surface area contributed by atoms with E-state index in [4.69, 9.17) is 4.74 Å². The van der Waals surface area contributed by atoms with Crippen LogP contribution in [0.5, 0.6) is 0 Å². The summed E-state index contributed by atoms with van der Waals surface area (Å²) in [5, 5.41) is 13.1. The standard InChI is InChI=1S/C14H23N3O2/c1-19-9-7-15-10-12-4-2-6-16-14(12)17-8-3-5-13(18)11-17/h2,4,6,13,15,18H,3,5,7-11H2,1H3. The van der Waals surface area contributed by atoms with Crippen molar-refractivity contribution in [3.8, 4) is 0 Å². The number of hydrogen-bond acceptors (Lipinski definition) is 5. The van der Waals surface area contributed by atoms with Crippen LogP contribution in [0.2, 0.25) is 0 Å². The quantitative estimate of drug-likeness (QED) is 0.744. The van der Waals surface area contributed by atoms with E-state index in [-0.39, 0.29) is 6.10 Å². The van der Waals surface area contributed by atoms with E-state index in [1.165, 1.54) is 5.56 Å². The minimum atomic E-state index is -0.231. The summed E-state index contributed by atoms with van der Waals surface area (Å²) in [7, 11) is 1.70. The van der Waals surface area contributed by atoms with Crippen molar-refractivity contribution in [2.75, 3.05) is 38.3 Å². The van der Waals surface area contributed by atoms with Crippen LogP contribution in [0.25, 0.3) is 0 Å². The molecule has 1 aliphatic rings. The topological polar surface area (TPSA) is 57.6 Å². The van der Waals surface area contributed by atoms with Crippen molar-refractivity contribution in [2.45, 2.75) is 25.5 Å². The van der Waals surface area contributed by atoms with Gasteiger partial charge >= 0.3 is 0 Å². The van der Waals surface area contributed by atoms with Gasteiger partial charge in [-0.1, -0.05) is 6.07 Å². The number of methoxy groups -OCH3 is 1. The Morgan fingerprint density at radius 2 is 2.47 bits per heavy atom. The Morgan fingerprint density at radius 1 is 1.58 bits per heavy atom. The van der Waals surface area contributed by atoms with Gasteiger partial charge in [0.1, 0.15) is 5.82 Å². The highest BCUT2D eigenvalue weighted by Gasteiger charge is 2.20. The molecule has 1 saturated heterocycles. The van der Waals surface area contributed by atoms with E-state index in [0.717, 1.165) is 38.3 Å². The first-order chi connectivity index (χ1) is 9.31. The minimum absolute atomic E-state index is 0.231. The Labute approximate surface area is 114 Å². The first-order valence-electron chi connectivity index (χ1n) is 6.88. The van der Waals surface area contributed by atoms with Gasteiger partial charge in [-0.15, -0.1) is 0 Å². The van der Waals surface area contributed by atoms with Gasteiger partial charge in [0, 0.05) is 45.0 Å². The van der Waals surface area contributed by atoms with E-state index < -0.39 is 0 Å². The zero-order valence-corrected chi connectivity index (χ0v) is 11.5. The fraction of sp³-hybridized carbons (Fsp3) is 0.643. The number of rotatable bonds is 6. The molecule has 0 aromatic carbocycles. The molecule has 5 heteroatoms. The van der Waals surface area contributed by atoms with Crippen LogP contribution in [0, 0.1) is 0 Å². The number of aliphatic hydroxyl groups is 1. The molecule has 2 N–H and O–H groups in total. The maximum Gasteiger partial charge on any atom is 0.133 e. The number of β-amino-alcohol motifs (C(OH)–C–C–N with tert-alkyl or cyclic N) is 1. The molecule has 5 nitrogen and oxygen atoms in total. The molecule has 0 bridgehead atoms. The SMILES string of the molecule is COCCNCc1cccnc1N1CCCC(O)C1. The normalized spacial score (nSPS) is 19.7. The van der Waals surface area contributed by atoms with Crippen molar-refractivity contribution in [1.29, 1.82) is 0 Å². The second-order valence-corrected chi connectivity index (χ2v) is 4.90. The lowest BCUT2D eigenvalue weighted by Crippen LogP contribution is -2.39. The number of hydrogen-bond donors (Lipinski definition) is 2. The van der Waals surface area contributed by atoms with Gasteiger partial charge in [-0.25, -0.2) is 4.98 Å². The molecule has 1 unspecified atom stereocenters. The van der Waals surface area contributed by atoms with Crippen LogP contribution >= 0.6 is 0 Å². The molecule has 0 spiro atoms. The molecule has 1 fully saturated rings. The maximum absolute atomic E-state index is 9.78. The van der Waals surface area contributed by atoms with Crippen molar-refractivity contribution in [3.05, 3.63) is 23.9 Å². The molecular formula is C14H23N3O2. The summed E-state index contributed by atoms with van der Waals surface area (Å²) in [5.41, 5.74) is 1.17. The van der Waals surface area contributed by atoms with E-state index in [0.29, 0.717) is 13.2 Å². The Kier molecular flexibility index (Phi) is 5.57. The van der Waals surface area contributed by atoms with Crippen LogP contribution in [0.4, 0.5) is 5.82 Å². The molecule has 0 amide bonds. The monoisotopic (exact) mass is 265 g/mol. The van der Waals surface area contributed by atoms with Gasteiger partial charge < -0.3 is 20.1 Å². The molecule has 106 valence electrons. The highest BCUT2D eigenvalue weighted by atomic mass is 16.5. The molecule has 1 aliphatic heterocycles. The second kappa shape index (κ2) is 7.43. The molecule has 0 saturated carbocycles. The van der Waals surface area contributed by atoms with Crippen molar-refractivity contribution < 1.29 is 9.84 Å². The third-order valence-corrected chi connectivity index (χ3v) is 3.36. The van der Waals surface area contributed by atoms with Crippen molar-refractivity contribution in [3.63, 3.8) is 0 Å². The highest BCUT2D eigenvalue weighted by molar-refractivity contribution is 5.47. The number of piperidine rings is 1. The number of ether oxygens (including phenoxy) is 1. The number of aromatic nitrogens is 1. The summed E-state index contributed by atoms with van der Waals surface area (Å²) in [6.45, 7) is 3.96. The van der Waals surface area contributed by atoms with E-state index in [1.54, 1.807) is 7.11 Å². The fourth-order valence-electron chi connectivity index (χ4n) is 2.40. The van der Waals surface area contributed by atoms with E-state index in [1.807, 2.05) is 12.3 Å². The van der Waals surface area contributed by atoms with Gasteiger partial charge in [0.15, 0.2) is 0 Å². The molecule has 2 heterocycles. The first-order valence-corrected chi connectivity index (χ1v) is 6.88. The van der Waals surface area contributed by atoms with Crippen LogP contribution in [0.3, 0.4) is 0 Å². The van der Waals surface area contributed by atoms with Crippen LogP contribution in [-0.4, -0.2) is 49.5 Å². The molecule has 1 atom stereocenters. The Bertz CT molecular complexity index is 387. The summed E-state index contributed by atoms with van der Waals surface area (Å²) in [4.78, 5) is 6.66. The van der Waals surface area contributed by atoms with E-state index in [9.17, 15) is 5.11 Å². The van der Waals surface area contributed by atoms with Crippen LogP contribution < -0.4 is 10.2 Å². The largest absolute Gasteiger partial charge is 0.391 e. The van der Waals surface area contributed by atoms with Gasteiger partial charge in [0.2, 0.25) is 0 Å². The second-order valence-electron chi connectivity index (χ2n) is 4.90. The zero-order valence-electron chi connectivity index (χ0n) is 11.5. The van der Waals surface area contributed by atoms with Gasteiger partial charge in [-0.05, 0) is 18.9 Å². The zero-order chi connectivity index (χ0) is 13.5. The molecule has 2 rings (SSSR count). The minimum Gasteiger partial charge on any atom is -0.391 e. The summed E-state index contributed by atoms with van der Waals surface area (Å²) < 4.78 is 5.02. The van der Waals surface area contributed by atoms with Crippen LogP contribution in [0.1, 0.15) is 18.4 Å². The maximum atomic E-state index is 9.78. The number of nitrogens with one attached hydrogen (secondary N) is 1. The van der Waals surface area contributed by atoms with Gasteiger partial charge in [0.25, 0.3) is 0 Å². The summed E-state index contributed by atoms with van der Waals surface area (Å²) in [6.07, 6.45) is 3.50. The number of pyridine rings is 1. The average molecular weight is 265 g/mol. The lowest BCUT2D eigenvalue weighted by atomic mass is 10.1.